The van der Waals surface area contributed by atoms with Crippen molar-refractivity contribution >= 4 is 0 Å². The average molecular weight is 255 g/mol. The lowest BCUT2D eigenvalue weighted by atomic mass is 9.99. The van der Waals surface area contributed by atoms with Gasteiger partial charge in [-0.15, -0.1) is 0 Å². The van der Waals surface area contributed by atoms with Crippen LogP contribution in [0.5, 0.6) is 0 Å². The van der Waals surface area contributed by atoms with E-state index in [1.165, 1.54) is 22.3 Å². The smallest absolute Gasteiger partial charge is 0.0636 e. The summed E-state index contributed by atoms with van der Waals surface area (Å²) in [5.41, 5.74) is 5.05. The molecule has 0 radical (unpaired) electrons. The van der Waals surface area contributed by atoms with E-state index < -0.39 is 0 Å². The molecule has 0 amide bonds. The van der Waals surface area contributed by atoms with Crippen molar-refractivity contribution < 1.29 is 5.11 Å². The summed E-state index contributed by atoms with van der Waals surface area (Å²) in [5.74, 6) is 0. The van der Waals surface area contributed by atoms with Crippen LogP contribution in [-0.4, -0.2) is 17.8 Å². The number of aliphatic hydroxyl groups excluding tert-OH is 1. The summed E-state index contributed by atoms with van der Waals surface area (Å²) in [4.78, 5) is 0. The maximum Gasteiger partial charge on any atom is 0.0636 e. The van der Waals surface area contributed by atoms with Gasteiger partial charge in [-0.25, -0.2) is 0 Å². The molecule has 19 heavy (non-hydrogen) atoms. The second kappa shape index (κ2) is 6.50. The topological polar surface area (TPSA) is 32.3 Å². The van der Waals surface area contributed by atoms with Gasteiger partial charge >= 0.3 is 0 Å². The van der Waals surface area contributed by atoms with Crippen molar-refractivity contribution in [2.45, 2.75) is 26.5 Å². The summed E-state index contributed by atoms with van der Waals surface area (Å²) in [6.45, 7) is 5.32. The van der Waals surface area contributed by atoms with Gasteiger partial charge in [0.15, 0.2) is 0 Å². The summed E-state index contributed by atoms with van der Waals surface area (Å²) in [6, 6.07) is 17.0. The third-order valence-corrected chi connectivity index (χ3v) is 3.15. The number of rotatable bonds is 5. The van der Waals surface area contributed by atoms with E-state index in [4.69, 9.17) is 0 Å². The van der Waals surface area contributed by atoms with E-state index in [-0.39, 0.29) is 6.10 Å². The second-order valence-electron chi connectivity index (χ2n) is 5.00. The van der Waals surface area contributed by atoms with Crippen molar-refractivity contribution in [3.8, 4) is 11.1 Å². The fraction of sp³-hybridized carbons (Fsp3) is 0.294. The van der Waals surface area contributed by atoms with Gasteiger partial charge in [-0.05, 0) is 42.2 Å². The maximum atomic E-state index is 9.24. The molecular weight excluding hydrogens is 234 g/mol. The van der Waals surface area contributed by atoms with Crippen LogP contribution < -0.4 is 5.32 Å². The maximum absolute atomic E-state index is 9.24. The minimum absolute atomic E-state index is 0.306. The Morgan fingerprint density at radius 1 is 1.11 bits per heavy atom. The van der Waals surface area contributed by atoms with Crippen LogP contribution in [0.3, 0.4) is 0 Å². The molecule has 100 valence electrons. The summed E-state index contributed by atoms with van der Waals surface area (Å²) < 4.78 is 0. The van der Waals surface area contributed by atoms with E-state index in [1.54, 1.807) is 6.92 Å². The number of hydrogen-bond acceptors (Lipinski definition) is 2. The molecule has 0 bridgehead atoms. The molecular formula is C17H21NO. The van der Waals surface area contributed by atoms with Gasteiger partial charge in [0, 0.05) is 13.1 Å². The SMILES string of the molecule is Cc1ccccc1-c1cccc(CNCC(C)O)c1. The number of nitrogens with one attached hydrogen (secondary N) is 1. The van der Waals surface area contributed by atoms with E-state index in [9.17, 15) is 5.11 Å². The molecule has 0 aliphatic rings. The molecule has 2 aromatic rings. The Kier molecular flexibility index (Phi) is 4.72. The Hall–Kier alpha value is -1.64. The minimum atomic E-state index is -0.306. The quantitative estimate of drug-likeness (QED) is 0.860. The molecule has 0 spiro atoms. The lowest BCUT2D eigenvalue weighted by Gasteiger charge is -2.10. The molecule has 2 rings (SSSR count). The van der Waals surface area contributed by atoms with Crippen LogP contribution in [-0.2, 0) is 6.54 Å². The molecule has 2 aromatic carbocycles. The van der Waals surface area contributed by atoms with Gasteiger partial charge in [-0.3, -0.25) is 0 Å². The average Bonchev–Trinajstić information content (AvgIpc) is 2.39. The molecule has 1 atom stereocenters. The Bertz CT molecular complexity index is 534. The Morgan fingerprint density at radius 3 is 2.63 bits per heavy atom. The van der Waals surface area contributed by atoms with E-state index in [1.807, 2.05) is 0 Å². The number of hydrogen-bond donors (Lipinski definition) is 2. The fourth-order valence-electron chi connectivity index (χ4n) is 2.17. The van der Waals surface area contributed by atoms with Crippen molar-refractivity contribution in [1.82, 2.24) is 5.32 Å². The van der Waals surface area contributed by atoms with Gasteiger partial charge in [-0.1, -0.05) is 42.5 Å². The number of aryl methyl sites for hydroxylation is 1. The molecule has 0 heterocycles. The lowest BCUT2D eigenvalue weighted by molar-refractivity contribution is 0.191. The molecule has 2 heteroatoms. The number of benzene rings is 2. The van der Waals surface area contributed by atoms with Crippen molar-refractivity contribution in [3.05, 3.63) is 59.7 Å². The van der Waals surface area contributed by atoms with Gasteiger partial charge in [0.1, 0.15) is 0 Å². The highest BCUT2D eigenvalue weighted by molar-refractivity contribution is 5.67. The Balaban J connectivity index is 2.13. The molecule has 0 saturated carbocycles. The highest BCUT2D eigenvalue weighted by Gasteiger charge is 2.02. The zero-order valence-corrected chi connectivity index (χ0v) is 11.6. The summed E-state index contributed by atoms with van der Waals surface area (Å²) in [5, 5.41) is 12.5. The Morgan fingerprint density at radius 2 is 1.89 bits per heavy atom. The first-order chi connectivity index (χ1) is 9.16. The van der Waals surface area contributed by atoms with E-state index in [0.29, 0.717) is 6.54 Å². The van der Waals surface area contributed by atoms with E-state index in [0.717, 1.165) is 6.54 Å². The van der Waals surface area contributed by atoms with Crippen LogP contribution in [0.1, 0.15) is 18.1 Å². The van der Waals surface area contributed by atoms with Crippen LogP contribution in [0.15, 0.2) is 48.5 Å². The van der Waals surface area contributed by atoms with E-state index >= 15 is 0 Å². The highest BCUT2D eigenvalue weighted by atomic mass is 16.3. The molecule has 0 aliphatic carbocycles. The zero-order chi connectivity index (χ0) is 13.7. The van der Waals surface area contributed by atoms with Gasteiger partial charge in [-0.2, -0.15) is 0 Å². The Labute approximate surface area is 115 Å². The molecule has 2 nitrogen and oxygen atoms in total. The standard InChI is InChI=1S/C17H21NO/c1-13-6-3-4-9-17(13)16-8-5-7-15(10-16)12-18-11-14(2)19/h3-10,14,18-19H,11-12H2,1-2H3. The summed E-state index contributed by atoms with van der Waals surface area (Å²) >= 11 is 0. The van der Waals surface area contributed by atoms with Crippen molar-refractivity contribution in [2.24, 2.45) is 0 Å². The first-order valence-electron chi connectivity index (χ1n) is 6.70. The van der Waals surface area contributed by atoms with Crippen LogP contribution in [0.4, 0.5) is 0 Å². The van der Waals surface area contributed by atoms with Crippen LogP contribution in [0, 0.1) is 6.92 Å². The van der Waals surface area contributed by atoms with Gasteiger partial charge in [0.2, 0.25) is 0 Å². The second-order valence-corrected chi connectivity index (χ2v) is 5.00. The number of aliphatic hydroxyl groups is 1. The largest absolute Gasteiger partial charge is 0.392 e. The van der Waals surface area contributed by atoms with Crippen molar-refractivity contribution in [3.63, 3.8) is 0 Å². The predicted octanol–water partition coefficient (Wildman–Crippen LogP) is 3.13. The molecule has 0 aromatic heterocycles. The van der Waals surface area contributed by atoms with Gasteiger partial charge in [0.25, 0.3) is 0 Å². The van der Waals surface area contributed by atoms with Gasteiger partial charge in [0.05, 0.1) is 6.10 Å². The van der Waals surface area contributed by atoms with Crippen LogP contribution in [0.2, 0.25) is 0 Å². The molecule has 2 N–H and O–H groups in total. The predicted molar refractivity (Wildman–Crippen MR) is 80.0 cm³/mol. The van der Waals surface area contributed by atoms with Crippen molar-refractivity contribution in [1.29, 1.82) is 0 Å². The molecule has 0 fully saturated rings. The van der Waals surface area contributed by atoms with E-state index in [2.05, 4.69) is 60.8 Å². The van der Waals surface area contributed by atoms with Gasteiger partial charge < -0.3 is 10.4 Å². The monoisotopic (exact) mass is 255 g/mol. The summed E-state index contributed by atoms with van der Waals surface area (Å²) in [7, 11) is 0. The third kappa shape index (κ3) is 3.91. The highest BCUT2D eigenvalue weighted by Crippen LogP contribution is 2.23. The molecule has 0 saturated heterocycles. The first kappa shape index (κ1) is 13.8. The third-order valence-electron chi connectivity index (χ3n) is 3.15. The van der Waals surface area contributed by atoms with Crippen molar-refractivity contribution in [2.75, 3.05) is 6.54 Å². The fourth-order valence-corrected chi connectivity index (χ4v) is 2.17. The zero-order valence-electron chi connectivity index (χ0n) is 11.6. The molecule has 0 aliphatic heterocycles. The van der Waals surface area contributed by atoms with Crippen LogP contribution >= 0.6 is 0 Å². The minimum Gasteiger partial charge on any atom is -0.392 e. The normalized spacial score (nSPS) is 12.4. The van der Waals surface area contributed by atoms with Crippen LogP contribution in [0.25, 0.3) is 11.1 Å². The lowest BCUT2D eigenvalue weighted by Crippen LogP contribution is -2.23. The summed E-state index contributed by atoms with van der Waals surface area (Å²) in [6.07, 6.45) is -0.306. The molecule has 1 unspecified atom stereocenters. The first-order valence-corrected chi connectivity index (χ1v) is 6.70.